The number of aromatic nitrogens is 1. The molecular formula is C13H13NO3. The van der Waals surface area contributed by atoms with Crippen LogP contribution in [0.4, 0.5) is 0 Å². The maximum atomic E-state index is 11.3. The van der Waals surface area contributed by atoms with Gasteiger partial charge in [0.05, 0.1) is 20.6 Å². The molecule has 0 aliphatic heterocycles. The van der Waals surface area contributed by atoms with Crippen LogP contribution < -0.4 is 4.74 Å². The van der Waals surface area contributed by atoms with Crippen LogP contribution in [0.15, 0.2) is 30.6 Å². The molecule has 88 valence electrons. The lowest BCUT2D eigenvalue weighted by Crippen LogP contribution is -2.05. The molecule has 4 heteroatoms. The van der Waals surface area contributed by atoms with Gasteiger partial charge in [-0.3, -0.25) is 9.78 Å². The Morgan fingerprint density at radius 1 is 1.29 bits per heavy atom. The number of carbonyl (C=O) groups is 1. The Labute approximate surface area is 99.2 Å². The zero-order chi connectivity index (χ0) is 12.3. The first-order chi connectivity index (χ1) is 8.24. The number of ether oxygens (including phenoxy) is 2. The van der Waals surface area contributed by atoms with Crippen LogP contribution in [-0.2, 0) is 16.0 Å². The summed E-state index contributed by atoms with van der Waals surface area (Å²) in [5.41, 5.74) is 0.858. The SMILES string of the molecule is COC(=O)Cc1cncc2cc(OC)ccc12. The summed E-state index contributed by atoms with van der Waals surface area (Å²) in [5, 5.41) is 1.94. The highest BCUT2D eigenvalue weighted by Crippen LogP contribution is 2.23. The first-order valence-corrected chi connectivity index (χ1v) is 5.22. The maximum absolute atomic E-state index is 11.3. The van der Waals surface area contributed by atoms with E-state index < -0.39 is 0 Å². The number of fused-ring (bicyclic) bond motifs is 1. The third-order valence-electron chi connectivity index (χ3n) is 2.61. The molecule has 1 heterocycles. The van der Waals surface area contributed by atoms with Crippen molar-refractivity contribution < 1.29 is 14.3 Å². The van der Waals surface area contributed by atoms with Crippen LogP contribution in [0.1, 0.15) is 5.56 Å². The smallest absolute Gasteiger partial charge is 0.310 e. The molecule has 1 aromatic heterocycles. The molecule has 2 rings (SSSR count). The Hall–Kier alpha value is -2.10. The summed E-state index contributed by atoms with van der Waals surface area (Å²) in [4.78, 5) is 15.4. The van der Waals surface area contributed by atoms with Gasteiger partial charge in [0.1, 0.15) is 5.75 Å². The molecule has 0 spiro atoms. The Kier molecular flexibility index (Phi) is 3.23. The van der Waals surface area contributed by atoms with Crippen LogP contribution in [0.25, 0.3) is 10.8 Å². The molecule has 17 heavy (non-hydrogen) atoms. The minimum atomic E-state index is -0.268. The summed E-state index contributed by atoms with van der Waals surface area (Å²) in [7, 11) is 3.00. The highest BCUT2D eigenvalue weighted by Gasteiger charge is 2.07. The highest BCUT2D eigenvalue weighted by molar-refractivity contribution is 5.89. The standard InChI is InChI=1S/C13H13NO3/c1-16-11-3-4-12-9(5-11)7-14-8-10(12)6-13(15)17-2/h3-5,7-8H,6H2,1-2H3. The van der Waals surface area contributed by atoms with E-state index in [9.17, 15) is 4.79 Å². The predicted octanol–water partition coefficient (Wildman–Crippen LogP) is 1.96. The van der Waals surface area contributed by atoms with Gasteiger partial charge in [-0.2, -0.15) is 0 Å². The second kappa shape index (κ2) is 4.82. The van der Waals surface area contributed by atoms with E-state index in [-0.39, 0.29) is 12.4 Å². The summed E-state index contributed by atoms with van der Waals surface area (Å²) >= 11 is 0. The monoisotopic (exact) mass is 231 g/mol. The van der Waals surface area contributed by atoms with Crippen LogP contribution in [0.2, 0.25) is 0 Å². The molecule has 0 aliphatic carbocycles. The molecule has 0 N–H and O–H groups in total. The Morgan fingerprint density at radius 2 is 2.12 bits per heavy atom. The summed E-state index contributed by atoms with van der Waals surface area (Å²) in [6, 6.07) is 5.68. The topological polar surface area (TPSA) is 48.4 Å². The van der Waals surface area contributed by atoms with E-state index in [0.717, 1.165) is 22.1 Å². The van der Waals surface area contributed by atoms with Crippen molar-refractivity contribution in [1.29, 1.82) is 0 Å². The summed E-state index contributed by atoms with van der Waals surface area (Å²) in [6.07, 6.45) is 3.66. The van der Waals surface area contributed by atoms with Gasteiger partial charge in [0, 0.05) is 17.8 Å². The number of pyridine rings is 1. The predicted molar refractivity (Wildman–Crippen MR) is 64.0 cm³/mol. The largest absolute Gasteiger partial charge is 0.497 e. The van der Waals surface area contributed by atoms with E-state index in [2.05, 4.69) is 9.72 Å². The lowest BCUT2D eigenvalue weighted by atomic mass is 10.1. The minimum Gasteiger partial charge on any atom is -0.497 e. The van der Waals surface area contributed by atoms with Crippen LogP contribution in [0, 0.1) is 0 Å². The average Bonchev–Trinajstić information content (AvgIpc) is 2.38. The van der Waals surface area contributed by atoms with Crippen LogP contribution >= 0.6 is 0 Å². The van der Waals surface area contributed by atoms with E-state index in [0.29, 0.717) is 0 Å². The van der Waals surface area contributed by atoms with Gasteiger partial charge in [-0.1, -0.05) is 6.07 Å². The zero-order valence-electron chi connectivity index (χ0n) is 9.77. The maximum Gasteiger partial charge on any atom is 0.310 e. The summed E-state index contributed by atoms with van der Waals surface area (Å²) in [6.45, 7) is 0. The minimum absolute atomic E-state index is 0.229. The van der Waals surface area contributed by atoms with Crippen molar-refractivity contribution in [3.8, 4) is 5.75 Å². The fourth-order valence-corrected chi connectivity index (χ4v) is 1.71. The molecule has 0 atom stereocenters. The number of hydrogen-bond donors (Lipinski definition) is 0. The molecule has 1 aromatic carbocycles. The number of benzene rings is 1. The zero-order valence-corrected chi connectivity index (χ0v) is 9.77. The van der Waals surface area contributed by atoms with Crippen molar-refractivity contribution in [3.05, 3.63) is 36.2 Å². The lowest BCUT2D eigenvalue weighted by molar-refractivity contribution is -0.139. The molecule has 4 nitrogen and oxygen atoms in total. The number of carbonyl (C=O) groups excluding carboxylic acids is 1. The Bertz CT molecular complexity index is 551. The van der Waals surface area contributed by atoms with Crippen molar-refractivity contribution >= 4 is 16.7 Å². The third-order valence-corrected chi connectivity index (χ3v) is 2.61. The van der Waals surface area contributed by atoms with Crippen molar-refractivity contribution in [2.75, 3.05) is 14.2 Å². The van der Waals surface area contributed by atoms with E-state index >= 15 is 0 Å². The Balaban J connectivity index is 2.46. The normalized spacial score (nSPS) is 10.2. The number of hydrogen-bond acceptors (Lipinski definition) is 4. The summed E-state index contributed by atoms with van der Waals surface area (Å²) in [5.74, 6) is 0.504. The van der Waals surface area contributed by atoms with E-state index in [1.54, 1.807) is 19.5 Å². The first-order valence-electron chi connectivity index (χ1n) is 5.22. The number of rotatable bonds is 3. The second-order valence-corrected chi connectivity index (χ2v) is 3.64. The van der Waals surface area contributed by atoms with Gasteiger partial charge in [-0.25, -0.2) is 0 Å². The van der Waals surface area contributed by atoms with Gasteiger partial charge in [0.15, 0.2) is 0 Å². The molecule has 2 aromatic rings. The molecule has 0 fully saturated rings. The highest BCUT2D eigenvalue weighted by atomic mass is 16.5. The van der Waals surface area contributed by atoms with Crippen LogP contribution in [0.3, 0.4) is 0 Å². The van der Waals surface area contributed by atoms with Crippen molar-refractivity contribution in [2.24, 2.45) is 0 Å². The quantitative estimate of drug-likeness (QED) is 0.758. The third kappa shape index (κ3) is 2.36. The van der Waals surface area contributed by atoms with Crippen LogP contribution in [-0.4, -0.2) is 25.2 Å². The van der Waals surface area contributed by atoms with Gasteiger partial charge in [0.2, 0.25) is 0 Å². The van der Waals surface area contributed by atoms with Crippen molar-refractivity contribution in [1.82, 2.24) is 4.98 Å². The van der Waals surface area contributed by atoms with Gasteiger partial charge >= 0.3 is 5.97 Å². The fourth-order valence-electron chi connectivity index (χ4n) is 1.71. The number of methoxy groups -OCH3 is 2. The van der Waals surface area contributed by atoms with Gasteiger partial charge in [-0.15, -0.1) is 0 Å². The van der Waals surface area contributed by atoms with E-state index in [1.165, 1.54) is 7.11 Å². The number of nitrogens with zero attached hydrogens (tertiary/aromatic N) is 1. The van der Waals surface area contributed by atoms with Crippen LogP contribution in [0.5, 0.6) is 5.75 Å². The molecule has 0 aliphatic rings. The van der Waals surface area contributed by atoms with Crippen molar-refractivity contribution in [2.45, 2.75) is 6.42 Å². The van der Waals surface area contributed by atoms with Gasteiger partial charge in [0.25, 0.3) is 0 Å². The van der Waals surface area contributed by atoms with E-state index in [4.69, 9.17) is 4.74 Å². The molecule has 0 saturated carbocycles. The number of esters is 1. The summed E-state index contributed by atoms with van der Waals surface area (Å²) < 4.78 is 9.80. The molecular weight excluding hydrogens is 218 g/mol. The first kappa shape index (κ1) is 11.4. The van der Waals surface area contributed by atoms with Gasteiger partial charge < -0.3 is 9.47 Å². The van der Waals surface area contributed by atoms with E-state index in [1.807, 2.05) is 18.2 Å². The molecule has 0 unspecified atom stereocenters. The molecule has 0 bridgehead atoms. The fraction of sp³-hybridized carbons (Fsp3) is 0.231. The lowest BCUT2D eigenvalue weighted by Gasteiger charge is -2.06. The second-order valence-electron chi connectivity index (χ2n) is 3.64. The van der Waals surface area contributed by atoms with Gasteiger partial charge in [-0.05, 0) is 23.1 Å². The Morgan fingerprint density at radius 3 is 2.82 bits per heavy atom. The molecule has 0 amide bonds. The van der Waals surface area contributed by atoms with Crippen molar-refractivity contribution in [3.63, 3.8) is 0 Å². The molecule has 0 saturated heterocycles. The average molecular weight is 231 g/mol. The molecule has 0 radical (unpaired) electrons.